The number of carbonyl (C=O) groups excluding carboxylic acids is 1. The molecule has 0 aliphatic carbocycles. The summed E-state index contributed by atoms with van der Waals surface area (Å²) < 4.78 is 6.88. The fourth-order valence-corrected chi connectivity index (χ4v) is 3.16. The van der Waals surface area contributed by atoms with Crippen molar-refractivity contribution in [2.75, 3.05) is 12.4 Å². The first kappa shape index (κ1) is 21.3. The van der Waals surface area contributed by atoms with Gasteiger partial charge in [0.1, 0.15) is 17.3 Å². The van der Waals surface area contributed by atoms with Crippen LogP contribution in [-0.2, 0) is 13.1 Å². The molecule has 0 aliphatic rings. The second-order valence-corrected chi connectivity index (χ2v) is 7.41. The number of amides is 1. The number of pyridine rings is 1. The van der Waals surface area contributed by atoms with Gasteiger partial charge in [-0.25, -0.2) is 9.67 Å². The van der Waals surface area contributed by atoms with Crippen molar-refractivity contribution < 1.29 is 9.53 Å². The monoisotopic (exact) mass is 448 g/mol. The van der Waals surface area contributed by atoms with Crippen LogP contribution < -0.4 is 15.4 Å². The van der Waals surface area contributed by atoms with E-state index in [0.29, 0.717) is 28.6 Å². The first-order valence-corrected chi connectivity index (χ1v) is 10.3. The summed E-state index contributed by atoms with van der Waals surface area (Å²) in [4.78, 5) is 17.1. The third-order valence-electron chi connectivity index (χ3n) is 4.68. The first-order chi connectivity index (χ1) is 15.6. The predicted octanol–water partition coefficient (Wildman–Crippen LogP) is 4.06. The Labute approximate surface area is 190 Å². The number of ether oxygens (including phenoxy) is 1. The lowest BCUT2D eigenvalue weighted by Gasteiger charge is -2.11. The maximum atomic E-state index is 12.8. The molecule has 9 heteroatoms. The van der Waals surface area contributed by atoms with Gasteiger partial charge in [-0.1, -0.05) is 28.9 Å². The zero-order valence-electron chi connectivity index (χ0n) is 17.3. The summed E-state index contributed by atoms with van der Waals surface area (Å²) in [6.45, 7) is 0.812. The number of methoxy groups -OCH3 is 1. The van der Waals surface area contributed by atoms with E-state index in [1.165, 1.54) is 0 Å². The summed E-state index contributed by atoms with van der Waals surface area (Å²) in [5.74, 6) is 0.946. The summed E-state index contributed by atoms with van der Waals surface area (Å²) in [5.41, 5.74) is 2.93. The summed E-state index contributed by atoms with van der Waals surface area (Å²) in [5, 5.41) is 15.0. The van der Waals surface area contributed by atoms with Crippen LogP contribution in [0.3, 0.4) is 0 Å². The van der Waals surface area contributed by atoms with Gasteiger partial charge in [-0.15, -0.1) is 5.10 Å². The first-order valence-electron chi connectivity index (χ1n) is 9.88. The molecule has 1 amide bonds. The molecule has 0 bridgehead atoms. The van der Waals surface area contributed by atoms with Crippen molar-refractivity contribution >= 4 is 29.0 Å². The molecule has 0 radical (unpaired) electrons. The van der Waals surface area contributed by atoms with Crippen LogP contribution in [0.5, 0.6) is 5.75 Å². The molecule has 0 unspecified atom stereocenters. The second kappa shape index (κ2) is 9.93. The third-order valence-corrected chi connectivity index (χ3v) is 4.93. The number of hydrogen-bond acceptors (Lipinski definition) is 6. The van der Waals surface area contributed by atoms with Crippen LogP contribution in [0.15, 0.2) is 73.1 Å². The minimum Gasteiger partial charge on any atom is -0.497 e. The Kier molecular flexibility index (Phi) is 6.62. The molecule has 0 spiro atoms. The van der Waals surface area contributed by atoms with E-state index >= 15 is 0 Å². The highest BCUT2D eigenvalue weighted by atomic mass is 35.5. The average molecular weight is 449 g/mol. The zero-order chi connectivity index (χ0) is 22.3. The van der Waals surface area contributed by atoms with Gasteiger partial charge in [-0.2, -0.15) is 0 Å². The van der Waals surface area contributed by atoms with Crippen molar-refractivity contribution in [2.24, 2.45) is 0 Å². The van der Waals surface area contributed by atoms with E-state index in [4.69, 9.17) is 16.3 Å². The lowest BCUT2D eigenvalue weighted by atomic mass is 10.2. The van der Waals surface area contributed by atoms with Crippen molar-refractivity contribution in [3.05, 3.63) is 94.9 Å². The number of benzene rings is 2. The van der Waals surface area contributed by atoms with Crippen LogP contribution in [0.4, 0.5) is 11.5 Å². The Bertz CT molecular complexity index is 1190. The number of carbonyl (C=O) groups is 1. The van der Waals surface area contributed by atoms with E-state index in [1.807, 2.05) is 48.5 Å². The highest BCUT2D eigenvalue weighted by Gasteiger charge is 2.13. The largest absolute Gasteiger partial charge is 0.497 e. The Morgan fingerprint density at radius 2 is 1.88 bits per heavy atom. The third kappa shape index (κ3) is 5.41. The van der Waals surface area contributed by atoms with Gasteiger partial charge in [0.05, 0.1) is 32.0 Å². The lowest BCUT2D eigenvalue weighted by Crippen LogP contribution is -2.24. The SMILES string of the molecule is COc1ccc(Nc2ncccc2C(=O)NCc2cn(Cc3ccc(Cl)cc3)nn2)cc1. The van der Waals surface area contributed by atoms with Crippen LogP contribution >= 0.6 is 11.6 Å². The van der Waals surface area contributed by atoms with Crippen LogP contribution in [-0.4, -0.2) is 33.0 Å². The molecule has 0 fully saturated rings. The number of halogens is 1. The fraction of sp³-hybridized carbons (Fsp3) is 0.130. The second-order valence-electron chi connectivity index (χ2n) is 6.97. The normalized spacial score (nSPS) is 10.6. The highest BCUT2D eigenvalue weighted by Crippen LogP contribution is 2.21. The molecule has 2 aromatic carbocycles. The minimum atomic E-state index is -0.263. The van der Waals surface area contributed by atoms with Gasteiger partial charge in [0.15, 0.2) is 0 Å². The lowest BCUT2D eigenvalue weighted by molar-refractivity contribution is 0.0951. The Hall–Kier alpha value is -3.91. The van der Waals surface area contributed by atoms with E-state index in [1.54, 1.807) is 36.3 Å². The van der Waals surface area contributed by atoms with Gasteiger partial charge in [-0.05, 0) is 54.1 Å². The van der Waals surface area contributed by atoms with E-state index in [2.05, 4.69) is 25.9 Å². The summed E-state index contributed by atoms with van der Waals surface area (Å²) >= 11 is 5.92. The number of hydrogen-bond donors (Lipinski definition) is 2. The zero-order valence-corrected chi connectivity index (χ0v) is 18.1. The van der Waals surface area contributed by atoms with Crippen LogP contribution in [0.25, 0.3) is 0 Å². The van der Waals surface area contributed by atoms with Gasteiger partial charge < -0.3 is 15.4 Å². The smallest absolute Gasteiger partial charge is 0.255 e. The van der Waals surface area contributed by atoms with Gasteiger partial charge in [0.2, 0.25) is 0 Å². The molecular weight excluding hydrogens is 428 g/mol. The fourth-order valence-electron chi connectivity index (χ4n) is 3.04. The number of nitrogens with one attached hydrogen (secondary N) is 2. The van der Waals surface area contributed by atoms with E-state index in [9.17, 15) is 4.79 Å². The van der Waals surface area contributed by atoms with E-state index in [0.717, 1.165) is 17.0 Å². The van der Waals surface area contributed by atoms with Crippen molar-refractivity contribution in [3.63, 3.8) is 0 Å². The molecular formula is C23H21ClN6O2. The van der Waals surface area contributed by atoms with Gasteiger partial charge in [-0.3, -0.25) is 4.79 Å². The van der Waals surface area contributed by atoms with E-state index < -0.39 is 0 Å². The standard InChI is InChI=1S/C23H21ClN6O2/c1-32-20-10-8-18(9-11-20)27-22-21(3-2-12-25-22)23(31)26-13-19-15-30(29-28-19)14-16-4-6-17(24)7-5-16/h2-12,15H,13-14H2,1H3,(H,25,27)(H,26,31). The minimum absolute atomic E-state index is 0.246. The van der Waals surface area contributed by atoms with Crippen molar-refractivity contribution in [3.8, 4) is 5.75 Å². The molecule has 0 saturated heterocycles. The average Bonchev–Trinajstić information content (AvgIpc) is 3.27. The summed E-state index contributed by atoms with van der Waals surface area (Å²) in [7, 11) is 1.61. The Morgan fingerprint density at radius 3 is 2.62 bits per heavy atom. The number of aromatic nitrogens is 4. The van der Waals surface area contributed by atoms with Crippen LogP contribution in [0, 0.1) is 0 Å². The molecule has 32 heavy (non-hydrogen) atoms. The molecule has 2 N–H and O–H groups in total. The van der Waals surface area contributed by atoms with Gasteiger partial charge >= 0.3 is 0 Å². The van der Waals surface area contributed by atoms with Gasteiger partial charge in [0.25, 0.3) is 5.91 Å². The summed E-state index contributed by atoms with van der Waals surface area (Å²) in [6, 6.07) is 18.3. The molecule has 4 aromatic rings. The number of nitrogens with zero attached hydrogens (tertiary/aromatic N) is 4. The molecule has 2 heterocycles. The van der Waals surface area contributed by atoms with E-state index in [-0.39, 0.29) is 12.5 Å². The van der Waals surface area contributed by atoms with Crippen molar-refractivity contribution in [2.45, 2.75) is 13.1 Å². The molecule has 0 aliphatic heterocycles. The quantitative estimate of drug-likeness (QED) is 0.422. The summed E-state index contributed by atoms with van der Waals surface area (Å²) in [6.07, 6.45) is 3.43. The highest BCUT2D eigenvalue weighted by molar-refractivity contribution is 6.30. The molecule has 2 aromatic heterocycles. The molecule has 0 saturated carbocycles. The van der Waals surface area contributed by atoms with Crippen molar-refractivity contribution in [1.82, 2.24) is 25.3 Å². The van der Waals surface area contributed by atoms with Gasteiger partial charge in [0, 0.05) is 16.9 Å². The maximum absolute atomic E-state index is 12.8. The molecule has 162 valence electrons. The number of rotatable bonds is 8. The number of anilines is 2. The van der Waals surface area contributed by atoms with Crippen LogP contribution in [0.1, 0.15) is 21.6 Å². The Morgan fingerprint density at radius 1 is 1.09 bits per heavy atom. The Balaban J connectivity index is 1.38. The van der Waals surface area contributed by atoms with Crippen molar-refractivity contribution in [1.29, 1.82) is 0 Å². The molecule has 8 nitrogen and oxygen atoms in total. The molecule has 4 rings (SSSR count). The molecule has 0 atom stereocenters. The topological polar surface area (TPSA) is 94.0 Å². The predicted molar refractivity (Wildman–Crippen MR) is 122 cm³/mol. The maximum Gasteiger partial charge on any atom is 0.255 e. The van der Waals surface area contributed by atoms with Crippen LogP contribution in [0.2, 0.25) is 5.02 Å².